The van der Waals surface area contributed by atoms with E-state index in [1.807, 2.05) is 36.3 Å². The summed E-state index contributed by atoms with van der Waals surface area (Å²) in [6.07, 6.45) is 3.73. The summed E-state index contributed by atoms with van der Waals surface area (Å²) in [5, 5.41) is 16.2. The van der Waals surface area contributed by atoms with E-state index >= 15 is 0 Å². The van der Waals surface area contributed by atoms with Gasteiger partial charge in [0.25, 0.3) is 5.91 Å². The third-order valence-corrected chi connectivity index (χ3v) is 6.21. The second-order valence-corrected chi connectivity index (χ2v) is 9.08. The van der Waals surface area contributed by atoms with Crippen molar-refractivity contribution in [2.75, 3.05) is 0 Å². The molecule has 0 unspecified atom stereocenters. The number of benzene rings is 2. The van der Waals surface area contributed by atoms with E-state index in [0.29, 0.717) is 18.7 Å². The fraction of sp³-hybridized carbons (Fsp3) is 0.269. The van der Waals surface area contributed by atoms with Gasteiger partial charge in [0.05, 0.1) is 28.9 Å². The van der Waals surface area contributed by atoms with Crippen molar-refractivity contribution in [2.45, 2.75) is 39.5 Å². The summed E-state index contributed by atoms with van der Waals surface area (Å²) < 4.78 is 1.79. The summed E-state index contributed by atoms with van der Waals surface area (Å²) in [4.78, 5) is 18.9. The summed E-state index contributed by atoms with van der Waals surface area (Å²) in [5.74, 6) is 0.0378. The topological polar surface area (TPSA) is 71.2 Å². The van der Waals surface area contributed by atoms with E-state index in [1.165, 1.54) is 0 Å². The summed E-state index contributed by atoms with van der Waals surface area (Å²) in [6, 6.07) is 14.0. The quantitative estimate of drug-likeness (QED) is 0.527. The van der Waals surface area contributed by atoms with Gasteiger partial charge in [0.2, 0.25) is 0 Å². The number of aryl methyl sites for hydroxylation is 2. The molecular weight excluding hydrogens is 400 g/mol. The third kappa shape index (κ3) is 3.37. The van der Waals surface area contributed by atoms with Crippen LogP contribution in [0.25, 0.3) is 22.0 Å². The van der Waals surface area contributed by atoms with E-state index in [0.717, 1.165) is 44.4 Å². The number of nitrogens with zero attached hydrogens (tertiary/aromatic N) is 4. The van der Waals surface area contributed by atoms with Crippen LogP contribution < -0.4 is 0 Å². The van der Waals surface area contributed by atoms with Gasteiger partial charge >= 0.3 is 0 Å². The molecule has 1 amide bonds. The normalized spacial score (nSPS) is 13.8. The van der Waals surface area contributed by atoms with Crippen LogP contribution in [-0.2, 0) is 25.7 Å². The average molecular weight is 427 g/mol. The van der Waals surface area contributed by atoms with Gasteiger partial charge in [0, 0.05) is 36.9 Å². The summed E-state index contributed by atoms with van der Waals surface area (Å²) >= 11 is 0. The molecule has 0 atom stereocenters. The Hall–Kier alpha value is -3.51. The van der Waals surface area contributed by atoms with Crippen molar-refractivity contribution >= 4 is 16.8 Å². The van der Waals surface area contributed by atoms with Gasteiger partial charge in [-0.2, -0.15) is 5.10 Å². The molecule has 0 saturated carbocycles. The first-order chi connectivity index (χ1) is 15.2. The number of fused-ring (bicyclic) bond motifs is 2. The predicted octanol–water partition coefficient (Wildman–Crippen LogP) is 4.33. The number of aromatic nitrogens is 3. The molecule has 3 heterocycles. The van der Waals surface area contributed by atoms with E-state index in [9.17, 15) is 9.90 Å². The van der Waals surface area contributed by atoms with Gasteiger partial charge in [0.15, 0.2) is 0 Å². The maximum Gasteiger partial charge on any atom is 0.256 e. The average Bonchev–Trinajstić information content (AvgIpc) is 3.28. The minimum atomic E-state index is -0.973. The number of amides is 1. The number of aliphatic hydroxyl groups is 1. The lowest BCUT2D eigenvalue weighted by atomic mass is 9.91. The zero-order valence-electron chi connectivity index (χ0n) is 18.8. The van der Waals surface area contributed by atoms with Crippen LogP contribution in [0.4, 0.5) is 0 Å². The van der Waals surface area contributed by atoms with Crippen LogP contribution in [-0.4, -0.2) is 30.7 Å². The van der Waals surface area contributed by atoms with Crippen molar-refractivity contribution in [3.8, 4) is 11.1 Å². The zero-order valence-corrected chi connectivity index (χ0v) is 18.8. The molecule has 4 aromatic rings. The Morgan fingerprint density at radius 2 is 1.94 bits per heavy atom. The third-order valence-electron chi connectivity index (χ3n) is 6.21. The molecular formula is C26H26N4O2. The Bertz CT molecular complexity index is 1360. The number of carbonyl (C=O) groups excluding carboxylic acids is 1. The molecule has 1 N–H and O–H groups in total. The lowest BCUT2D eigenvalue weighted by molar-refractivity contribution is 0.0765. The van der Waals surface area contributed by atoms with Crippen LogP contribution >= 0.6 is 0 Å². The highest BCUT2D eigenvalue weighted by Crippen LogP contribution is 2.35. The summed E-state index contributed by atoms with van der Waals surface area (Å²) in [7, 11) is 1.90. The van der Waals surface area contributed by atoms with Gasteiger partial charge < -0.3 is 10.0 Å². The van der Waals surface area contributed by atoms with Gasteiger partial charge in [-0.15, -0.1) is 0 Å². The van der Waals surface area contributed by atoms with Gasteiger partial charge in [-0.05, 0) is 55.2 Å². The monoisotopic (exact) mass is 426 g/mol. The van der Waals surface area contributed by atoms with Gasteiger partial charge in [-0.1, -0.05) is 30.3 Å². The Morgan fingerprint density at radius 3 is 2.66 bits per heavy atom. The molecule has 32 heavy (non-hydrogen) atoms. The lowest BCUT2D eigenvalue weighted by Crippen LogP contribution is -2.23. The predicted molar refractivity (Wildman–Crippen MR) is 124 cm³/mol. The fourth-order valence-corrected chi connectivity index (χ4v) is 4.52. The molecule has 0 spiro atoms. The zero-order chi connectivity index (χ0) is 22.6. The van der Waals surface area contributed by atoms with Crippen LogP contribution in [0.15, 0.2) is 54.9 Å². The van der Waals surface area contributed by atoms with E-state index in [-0.39, 0.29) is 5.91 Å². The number of pyridine rings is 1. The highest BCUT2D eigenvalue weighted by Gasteiger charge is 2.28. The number of rotatable bonds is 4. The molecule has 2 aromatic heterocycles. The molecule has 6 nitrogen and oxygen atoms in total. The molecule has 0 saturated heterocycles. The first-order valence-electron chi connectivity index (χ1n) is 10.7. The van der Waals surface area contributed by atoms with Crippen molar-refractivity contribution in [1.82, 2.24) is 19.7 Å². The summed E-state index contributed by atoms with van der Waals surface area (Å²) in [5.41, 5.74) is 6.60. The van der Waals surface area contributed by atoms with Gasteiger partial charge in [-0.25, -0.2) is 0 Å². The van der Waals surface area contributed by atoms with E-state index < -0.39 is 5.60 Å². The Balaban J connectivity index is 1.48. The van der Waals surface area contributed by atoms with Crippen LogP contribution in [0.3, 0.4) is 0 Å². The Labute approximate surface area is 187 Å². The van der Waals surface area contributed by atoms with Crippen molar-refractivity contribution in [2.24, 2.45) is 7.05 Å². The van der Waals surface area contributed by atoms with Crippen molar-refractivity contribution in [3.63, 3.8) is 0 Å². The number of hydrogen-bond acceptors (Lipinski definition) is 4. The fourth-order valence-electron chi connectivity index (χ4n) is 4.52. The minimum Gasteiger partial charge on any atom is -0.386 e. The van der Waals surface area contributed by atoms with Gasteiger partial charge in [-0.3, -0.25) is 14.5 Å². The maximum atomic E-state index is 12.7. The van der Waals surface area contributed by atoms with Crippen molar-refractivity contribution in [1.29, 1.82) is 0 Å². The molecule has 6 heteroatoms. The molecule has 0 fully saturated rings. The van der Waals surface area contributed by atoms with Crippen LogP contribution in [0.2, 0.25) is 0 Å². The molecule has 0 bridgehead atoms. The first-order valence-corrected chi connectivity index (χ1v) is 10.7. The van der Waals surface area contributed by atoms with Crippen LogP contribution in [0, 0.1) is 6.92 Å². The van der Waals surface area contributed by atoms with Crippen molar-refractivity contribution in [3.05, 3.63) is 82.8 Å². The van der Waals surface area contributed by atoms with Crippen molar-refractivity contribution < 1.29 is 9.90 Å². The SMILES string of the molecule is Cc1cc(-c2ccc(C(C)(C)O)c3nn(C)cc23)ccc1CN1Cc2ncccc2C1=O. The number of hydrogen-bond donors (Lipinski definition) is 1. The maximum absolute atomic E-state index is 12.7. The van der Waals surface area contributed by atoms with Gasteiger partial charge in [0.1, 0.15) is 0 Å². The molecule has 1 aliphatic heterocycles. The Kier molecular flexibility index (Phi) is 4.64. The van der Waals surface area contributed by atoms with E-state index in [1.54, 1.807) is 24.7 Å². The second kappa shape index (κ2) is 7.28. The van der Waals surface area contributed by atoms with E-state index in [4.69, 9.17) is 0 Å². The standard InChI is InChI=1S/C26H26N4O2/c1-16-12-17(19-9-10-22(26(2,3)32)24-21(19)14-29(4)28-24)7-8-18(16)13-30-15-23-20(25(30)31)6-5-11-27-23/h5-12,14,32H,13,15H2,1-4H3. The Morgan fingerprint density at radius 1 is 1.12 bits per heavy atom. The molecule has 162 valence electrons. The highest BCUT2D eigenvalue weighted by atomic mass is 16.3. The second-order valence-electron chi connectivity index (χ2n) is 9.08. The molecule has 0 aliphatic carbocycles. The highest BCUT2D eigenvalue weighted by molar-refractivity contribution is 5.98. The molecule has 2 aromatic carbocycles. The van der Waals surface area contributed by atoms with Crippen LogP contribution in [0.1, 0.15) is 46.6 Å². The molecule has 5 rings (SSSR count). The largest absolute Gasteiger partial charge is 0.386 e. The minimum absolute atomic E-state index is 0.0378. The first kappa shape index (κ1) is 20.4. The molecule has 0 radical (unpaired) electrons. The van der Waals surface area contributed by atoms with E-state index in [2.05, 4.69) is 41.3 Å². The van der Waals surface area contributed by atoms with Crippen LogP contribution in [0.5, 0.6) is 0 Å². The smallest absolute Gasteiger partial charge is 0.256 e. The summed E-state index contributed by atoms with van der Waals surface area (Å²) in [6.45, 7) is 6.74. The lowest BCUT2D eigenvalue weighted by Gasteiger charge is -2.20. The molecule has 1 aliphatic rings. The number of carbonyl (C=O) groups is 1.